The Kier molecular flexibility index (Phi) is 6.14. The van der Waals surface area contributed by atoms with Gasteiger partial charge < -0.3 is 14.9 Å². The first-order chi connectivity index (χ1) is 10.2. The van der Waals surface area contributed by atoms with Gasteiger partial charge in [0.15, 0.2) is 0 Å². The van der Waals surface area contributed by atoms with Gasteiger partial charge in [0.1, 0.15) is 5.82 Å². The largest absolute Gasteiger partial charge is 0.396 e. The second-order valence-electron chi connectivity index (χ2n) is 5.43. The molecule has 0 saturated carbocycles. The molecule has 1 aromatic carbocycles. The van der Waals surface area contributed by atoms with Gasteiger partial charge in [-0.1, -0.05) is 6.07 Å². The third kappa shape index (κ3) is 4.79. The molecule has 0 spiro atoms. The van der Waals surface area contributed by atoms with Crippen LogP contribution < -0.4 is 0 Å². The Hall–Kier alpha value is -1.46. The minimum Gasteiger partial charge on any atom is -0.396 e. The zero-order valence-electron chi connectivity index (χ0n) is 12.3. The number of benzene rings is 1. The molecule has 0 unspecified atom stereocenters. The van der Waals surface area contributed by atoms with Crippen LogP contribution in [0.2, 0.25) is 0 Å². The van der Waals surface area contributed by atoms with Gasteiger partial charge in [0.25, 0.3) is 5.91 Å². The van der Waals surface area contributed by atoms with Gasteiger partial charge in [0.05, 0.1) is 0 Å². The molecule has 1 amide bonds. The molecule has 1 aliphatic rings. The Balaban J connectivity index is 1.89. The molecule has 4 nitrogen and oxygen atoms in total. The van der Waals surface area contributed by atoms with Gasteiger partial charge in [-0.05, 0) is 50.6 Å². The monoisotopic (exact) mass is 294 g/mol. The van der Waals surface area contributed by atoms with E-state index in [1.807, 2.05) is 0 Å². The molecular formula is C16H23FN2O2. The van der Waals surface area contributed by atoms with E-state index in [1.165, 1.54) is 12.1 Å². The van der Waals surface area contributed by atoms with E-state index in [4.69, 9.17) is 5.11 Å². The van der Waals surface area contributed by atoms with Crippen molar-refractivity contribution in [1.82, 2.24) is 9.80 Å². The maximum absolute atomic E-state index is 13.2. The Morgan fingerprint density at radius 1 is 1.19 bits per heavy atom. The summed E-state index contributed by atoms with van der Waals surface area (Å²) in [5.41, 5.74) is 0.420. The molecule has 5 heteroatoms. The number of hydrogen-bond acceptors (Lipinski definition) is 3. The quantitative estimate of drug-likeness (QED) is 0.841. The van der Waals surface area contributed by atoms with Crippen molar-refractivity contribution in [1.29, 1.82) is 0 Å². The highest BCUT2D eigenvalue weighted by Gasteiger charge is 2.20. The van der Waals surface area contributed by atoms with Crippen molar-refractivity contribution in [2.24, 2.45) is 0 Å². The molecule has 21 heavy (non-hydrogen) atoms. The lowest BCUT2D eigenvalue weighted by Crippen LogP contribution is -2.35. The summed E-state index contributed by atoms with van der Waals surface area (Å²) < 4.78 is 13.2. The topological polar surface area (TPSA) is 43.8 Å². The van der Waals surface area contributed by atoms with E-state index in [1.54, 1.807) is 17.0 Å². The molecule has 0 aromatic heterocycles. The van der Waals surface area contributed by atoms with Crippen LogP contribution in [0.1, 0.15) is 29.6 Å². The van der Waals surface area contributed by atoms with E-state index < -0.39 is 0 Å². The minimum atomic E-state index is -0.374. The average Bonchev–Trinajstić information content (AvgIpc) is 2.72. The number of unbranched alkanes of at least 4 members (excludes halogenated alkanes) is 1. The molecular weight excluding hydrogens is 271 g/mol. The molecule has 116 valence electrons. The van der Waals surface area contributed by atoms with Crippen LogP contribution in [0.5, 0.6) is 0 Å². The molecule has 1 heterocycles. The lowest BCUT2D eigenvalue weighted by atomic mass is 10.2. The van der Waals surface area contributed by atoms with Crippen LogP contribution in [0, 0.1) is 5.82 Å². The van der Waals surface area contributed by atoms with Crippen LogP contribution >= 0.6 is 0 Å². The van der Waals surface area contributed by atoms with Crippen molar-refractivity contribution < 1.29 is 14.3 Å². The van der Waals surface area contributed by atoms with Crippen molar-refractivity contribution >= 4 is 5.91 Å². The first-order valence-electron chi connectivity index (χ1n) is 7.59. The summed E-state index contributed by atoms with van der Waals surface area (Å²) in [5, 5.41) is 8.81. The standard InChI is InChI=1S/C16H23FN2O2/c17-15-6-3-5-14(13-15)16(21)19-9-4-8-18(10-11-19)7-1-2-12-20/h3,5-6,13,20H,1-2,4,7-12H2. The lowest BCUT2D eigenvalue weighted by molar-refractivity contribution is 0.0761. The maximum Gasteiger partial charge on any atom is 0.254 e. The van der Waals surface area contributed by atoms with Gasteiger partial charge in [-0.3, -0.25) is 4.79 Å². The third-order valence-electron chi connectivity index (χ3n) is 3.83. The average molecular weight is 294 g/mol. The zero-order valence-corrected chi connectivity index (χ0v) is 12.3. The van der Waals surface area contributed by atoms with E-state index in [9.17, 15) is 9.18 Å². The van der Waals surface area contributed by atoms with Gasteiger partial charge >= 0.3 is 0 Å². The van der Waals surface area contributed by atoms with Crippen molar-refractivity contribution in [3.05, 3.63) is 35.6 Å². The fourth-order valence-corrected chi connectivity index (χ4v) is 2.65. The molecule has 1 aromatic rings. The number of nitrogens with zero attached hydrogens (tertiary/aromatic N) is 2. The fraction of sp³-hybridized carbons (Fsp3) is 0.562. The molecule has 1 fully saturated rings. The molecule has 1 N–H and O–H groups in total. The summed E-state index contributed by atoms with van der Waals surface area (Å²) in [4.78, 5) is 16.5. The predicted molar refractivity (Wildman–Crippen MR) is 79.7 cm³/mol. The number of carbonyl (C=O) groups is 1. The Morgan fingerprint density at radius 3 is 2.81 bits per heavy atom. The number of carbonyl (C=O) groups excluding carboxylic acids is 1. The second kappa shape index (κ2) is 8.10. The van der Waals surface area contributed by atoms with E-state index in [2.05, 4.69) is 4.90 Å². The highest BCUT2D eigenvalue weighted by Crippen LogP contribution is 2.11. The Bertz CT molecular complexity index is 467. The van der Waals surface area contributed by atoms with Crippen molar-refractivity contribution in [3.63, 3.8) is 0 Å². The Morgan fingerprint density at radius 2 is 2.05 bits per heavy atom. The van der Waals surface area contributed by atoms with Crippen LogP contribution in [0.4, 0.5) is 4.39 Å². The summed E-state index contributed by atoms with van der Waals surface area (Å²) in [6.45, 7) is 4.39. The summed E-state index contributed by atoms with van der Waals surface area (Å²) in [5.74, 6) is -0.465. The molecule has 1 saturated heterocycles. The van der Waals surface area contributed by atoms with E-state index in [0.717, 1.165) is 38.9 Å². The van der Waals surface area contributed by atoms with E-state index in [0.29, 0.717) is 18.7 Å². The maximum atomic E-state index is 13.2. The smallest absolute Gasteiger partial charge is 0.254 e. The van der Waals surface area contributed by atoms with Gasteiger partial charge in [-0.25, -0.2) is 4.39 Å². The van der Waals surface area contributed by atoms with Crippen molar-refractivity contribution in [2.45, 2.75) is 19.3 Å². The minimum absolute atomic E-state index is 0.0910. The van der Waals surface area contributed by atoms with Gasteiger partial charge in [-0.2, -0.15) is 0 Å². The predicted octanol–water partition coefficient (Wildman–Crippen LogP) is 1.75. The van der Waals surface area contributed by atoms with E-state index >= 15 is 0 Å². The number of aliphatic hydroxyl groups is 1. The van der Waals surface area contributed by atoms with Crippen molar-refractivity contribution in [2.75, 3.05) is 39.3 Å². The number of aliphatic hydroxyl groups excluding tert-OH is 1. The highest BCUT2D eigenvalue weighted by molar-refractivity contribution is 5.94. The molecule has 0 aliphatic carbocycles. The summed E-state index contributed by atoms with van der Waals surface area (Å²) in [6, 6.07) is 5.88. The fourth-order valence-electron chi connectivity index (χ4n) is 2.65. The first-order valence-corrected chi connectivity index (χ1v) is 7.59. The third-order valence-corrected chi connectivity index (χ3v) is 3.83. The summed E-state index contributed by atoms with van der Waals surface area (Å²) in [7, 11) is 0. The van der Waals surface area contributed by atoms with Gasteiger partial charge in [0.2, 0.25) is 0 Å². The normalized spacial score (nSPS) is 16.8. The van der Waals surface area contributed by atoms with Gasteiger partial charge in [0, 0.05) is 31.8 Å². The summed E-state index contributed by atoms with van der Waals surface area (Å²) >= 11 is 0. The number of halogens is 1. The molecule has 0 bridgehead atoms. The summed E-state index contributed by atoms with van der Waals surface area (Å²) in [6.07, 6.45) is 2.73. The Labute approximate surface area is 125 Å². The van der Waals surface area contributed by atoms with Crippen LogP contribution in [0.25, 0.3) is 0 Å². The number of hydrogen-bond donors (Lipinski definition) is 1. The molecule has 0 atom stereocenters. The number of amides is 1. The second-order valence-corrected chi connectivity index (χ2v) is 5.43. The SMILES string of the molecule is O=C(c1cccc(F)c1)N1CCCN(CCCCO)CC1. The zero-order chi connectivity index (χ0) is 15.1. The van der Waals surface area contributed by atoms with Gasteiger partial charge in [-0.15, -0.1) is 0 Å². The lowest BCUT2D eigenvalue weighted by Gasteiger charge is -2.22. The van der Waals surface area contributed by atoms with Crippen molar-refractivity contribution in [3.8, 4) is 0 Å². The van der Waals surface area contributed by atoms with Crippen LogP contribution in [0.3, 0.4) is 0 Å². The highest BCUT2D eigenvalue weighted by atomic mass is 19.1. The van der Waals surface area contributed by atoms with Crippen LogP contribution in [0.15, 0.2) is 24.3 Å². The molecule has 1 aliphatic heterocycles. The number of rotatable bonds is 5. The van der Waals surface area contributed by atoms with E-state index in [-0.39, 0.29) is 18.3 Å². The first kappa shape index (κ1) is 15.9. The van der Waals surface area contributed by atoms with Crippen LogP contribution in [-0.2, 0) is 0 Å². The molecule has 2 rings (SSSR count). The molecule has 0 radical (unpaired) electrons. The van der Waals surface area contributed by atoms with Crippen LogP contribution in [-0.4, -0.2) is 60.1 Å².